The summed E-state index contributed by atoms with van der Waals surface area (Å²) in [5.74, 6) is 0. The lowest BCUT2D eigenvalue weighted by Crippen LogP contribution is -2.37. The standard InChI is InChI=1S/C12H19N3O/c1-3-5-11-9-14(2)12(16)15(11)10-6-4-7-13-8-10/h3,5,9-10,13H,4,6-8H2,1-2H3/b5-3+. The van der Waals surface area contributed by atoms with Crippen LogP contribution in [0.2, 0.25) is 0 Å². The second kappa shape index (κ2) is 4.70. The molecule has 1 atom stereocenters. The van der Waals surface area contributed by atoms with E-state index in [-0.39, 0.29) is 5.69 Å². The van der Waals surface area contributed by atoms with Crippen LogP contribution in [0, 0.1) is 0 Å². The molecular weight excluding hydrogens is 202 g/mol. The Morgan fingerprint density at radius 3 is 3.00 bits per heavy atom. The second-order valence-corrected chi connectivity index (χ2v) is 4.32. The van der Waals surface area contributed by atoms with Gasteiger partial charge in [0.25, 0.3) is 0 Å². The molecule has 0 aromatic carbocycles. The van der Waals surface area contributed by atoms with Crippen LogP contribution in [-0.4, -0.2) is 22.2 Å². The molecule has 1 aliphatic rings. The van der Waals surface area contributed by atoms with Gasteiger partial charge < -0.3 is 9.88 Å². The van der Waals surface area contributed by atoms with E-state index in [0.717, 1.165) is 31.6 Å². The number of aromatic nitrogens is 2. The Morgan fingerprint density at radius 1 is 1.56 bits per heavy atom. The fourth-order valence-corrected chi connectivity index (χ4v) is 2.31. The molecule has 0 amide bonds. The third-order valence-corrected chi connectivity index (χ3v) is 3.09. The van der Waals surface area contributed by atoms with Crippen molar-refractivity contribution in [3.63, 3.8) is 0 Å². The maximum absolute atomic E-state index is 12.0. The van der Waals surface area contributed by atoms with Crippen LogP contribution >= 0.6 is 0 Å². The number of piperidine rings is 1. The van der Waals surface area contributed by atoms with E-state index in [1.807, 2.05) is 36.9 Å². The quantitative estimate of drug-likeness (QED) is 0.813. The van der Waals surface area contributed by atoms with Gasteiger partial charge in [-0.2, -0.15) is 0 Å². The van der Waals surface area contributed by atoms with Gasteiger partial charge in [0.2, 0.25) is 0 Å². The summed E-state index contributed by atoms with van der Waals surface area (Å²) in [5.41, 5.74) is 1.09. The first kappa shape index (κ1) is 11.2. The van der Waals surface area contributed by atoms with Gasteiger partial charge in [0.1, 0.15) is 0 Å². The third-order valence-electron chi connectivity index (χ3n) is 3.09. The van der Waals surface area contributed by atoms with Crippen LogP contribution in [0.25, 0.3) is 6.08 Å². The Bertz CT molecular complexity index is 436. The smallest absolute Gasteiger partial charge is 0.315 e. The molecule has 0 bridgehead atoms. The van der Waals surface area contributed by atoms with Crippen molar-refractivity contribution in [2.24, 2.45) is 7.05 Å². The summed E-state index contributed by atoms with van der Waals surface area (Å²) in [6, 6.07) is 0.300. The highest BCUT2D eigenvalue weighted by Crippen LogP contribution is 2.17. The Hall–Kier alpha value is -1.29. The summed E-state index contributed by atoms with van der Waals surface area (Å²) < 4.78 is 3.57. The van der Waals surface area contributed by atoms with Crippen LogP contribution in [0.4, 0.5) is 0 Å². The van der Waals surface area contributed by atoms with Gasteiger partial charge in [0.15, 0.2) is 0 Å². The van der Waals surface area contributed by atoms with Crippen LogP contribution in [0.15, 0.2) is 17.1 Å². The van der Waals surface area contributed by atoms with E-state index in [0.29, 0.717) is 6.04 Å². The summed E-state index contributed by atoms with van der Waals surface area (Å²) in [6.45, 7) is 3.94. The van der Waals surface area contributed by atoms with Crippen molar-refractivity contribution in [3.05, 3.63) is 28.5 Å². The number of nitrogens with one attached hydrogen (secondary N) is 1. The summed E-state index contributed by atoms with van der Waals surface area (Å²) in [6.07, 6.45) is 8.09. The van der Waals surface area contributed by atoms with Crippen molar-refractivity contribution in [1.82, 2.24) is 14.5 Å². The summed E-state index contributed by atoms with van der Waals surface area (Å²) in [4.78, 5) is 12.0. The van der Waals surface area contributed by atoms with Crippen molar-refractivity contribution in [2.45, 2.75) is 25.8 Å². The molecule has 0 aliphatic carbocycles. The predicted octanol–water partition coefficient (Wildman–Crippen LogP) is 1.14. The zero-order valence-electron chi connectivity index (χ0n) is 9.94. The number of imidazole rings is 1. The molecule has 1 unspecified atom stereocenters. The van der Waals surface area contributed by atoms with E-state index in [2.05, 4.69) is 5.32 Å². The maximum atomic E-state index is 12.0. The van der Waals surface area contributed by atoms with Gasteiger partial charge in [-0.05, 0) is 32.4 Å². The first-order valence-electron chi connectivity index (χ1n) is 5.85. The van der Waals surface area contributed by atoms with Crippen LogP contribution in [-0.2, 0) is 7.05 Å². The van der Waals surface area contributed by atoms with Gasteiger partial charge in [-0.3, -0.25) is 4.57 Å². The van der Waals surface area contributed by atoms with Crippen LogP contribution in [0.3, 0.4) is 0 Å². The van der Waals surface area contributed by atoms with E-state index in [4.69, 9.17) is 0 Å². The fourth-order valence-electron chi connectivity index (χ4n) is 2.31. The first-order chi connectivity index (χ1) is 7.74. The van der Waals surface area contributed by atoms with Gasteiger partial charge in [0.05, 0.1) is 11.7 Å². The fraction of sp³-hybridized carbons (Fsp3) is 0.583. The molecule has 4 heteroatoms. The van der Waals surface area contributed by atoms with E-state index >= 15 is 0 Å². The summed E-state index contributed by atoms with van der Waals surface area (Å²) in [5, 5.41) is 3.35. The minimum absolute atomic E-state index is 0.0850. The highest BCUT2D eigenvalue weighted by molar-refractivity contribution is 5.43. The zero-order chi connectivity index (χ0) is 11.5. The Morgan fingerprint density at radius 2 is 2.38 bits per heavy atom. The van der Waals surface area contributed by atoms with Gasteiger partial charge >= 0.3 is 5.69 Å². The second-order valence-electron chi connectivity index (χ2n) is 4.32. The highest BCUT2D eigenvalue weighted by atomic mass is 16.1. The molecule has 0 radical (unpaired) electrons. The molecule has 1 aromatic rings. The summed E-state index contributed by atoms with van der Waals surface area (Å²) >= 11 is 0. The van der Waals surface area contributed by atoms with Crippen molar-refractivity contribution < 1.29 is 0 Å². The van der Waals surface area contributed by atoms with Crippen molar-refractivity contribution in [2.75, 3.05) is 13.1 Å². The number of rotatable bonds is 2. The minimum Gasteiger partial charge on any atom is -0.315 e. The first-order valence-corrected chi connectivity index (χ1v) is 5.85. The molecule has 88 valence electrons. The molecule has 1 saturated heterocycles. The number of hydrogen-bond donors (Lipinski definition) is 1. The number of hydrogen-bond acceptors (Lipinski definition) is 2. The van der Waals surface area contributed by atoms with Crippen molar-refractivity contribution >= 4 is 6.08 Å². The molecule has 1 N–H and O–H groups in total. The third kappa shape index (κ3) is 1.97. The van der Waals surface area contributed by atoms with E-state index in [1.54, 1.807) is 4.57 Å². The number of allylic oxidation sites excluding steroid dienone is 1. The summed E-state index contributed by atoms with van der Waals surface area (Å²) in [7, 11) is 1.81. The molecule has 0 spiro atoms. The van der Waals surface area contributed by atoms with Crippen molar-refractivity contribution in [1.29, 1.82) is 0 Å². The Balaban J connectivity index is 2.40. The highest BCUT2D eigenvalue weighted by Gasteiger charge is 2.19. The lowest BCUT2D eigenvalue weighted by molar-refractivity contribution is 0.361. The SMILES string of the molecule is C/C=C/c1cn(C)c(=O)n1C1CCCNC1. The zero-order valence-corrected chi connectivity index (χ0v) is 9.94. The molecule has 1 aliphatic heterocycles. The predicted molar refractivity (Wildman–Crippen MR) is 65.5 cm³/mol. The lowest BCUT2D eigenvalue weighted by Gasteiger charge is -2.24. The molecule has 2 rings (SSSR count). The normalized spacial score (nSPS) is 21.8. The van der Waals surface area contributed by atoms with Crippen LogP contribution in [0.1, 0.15) is 31.5 Å². The average molecular weight is 221 g/mol. The van der Waals surface area contributed by atoms with Gasteiger partial charge in [-0.1, -0.05) is 6.08 Å². The average Bonchev–Trinajstić information content (AvgIpc) is 2.57. The van der Waals surface area contributed by atoms with Crippen LogP contribution in [0.5, 0.6) is 0 Å². The Kier molecular flexibility index (Phi) is 3.29. The molecule has 4 nitrogen and oxygen atoms in total. The van der Waals surface area contributed by atoms with Gasteiger partial charge in [-0.25, -0.2) is 4.79 Å². The monoisotopic (exact) mass is 221 g/mol. The molecule has 16 heavy (non-hydrogen) atoms. The Labute approximate surface area is 95.6 Å². The molecule has 0 saturated carbocycles. The molecule has 1 aromatic heterocycles. The van der Waals surface area contributed by atoms with Crippen LogP contribution < -0.4 is 11.0 Å². The van der Waals surface area contributed by atoms with Crippen molar-refractivity contribution in [3.8, 4) is 0 Å². The molecule has 1 fully saturated rings. The topological polar surface area (TPSA) is 39.0 Å². The number of nitrogens with zero attached hydrogens (tertiary/aromatic N) is 2. The van der Waals surface area contributed by atoms with E-state index in [1.165, 1.54) is 0 Å². The lowest BCUT2D eigenvalue weighted by atomic mass is 10.1. The van der Waals surface area contributed by atoms with Gasteiger partial charge in [0, 0.05) is 19.8 Å². The maximum Gasteiger partial charge on any atom is 0.328 e. The molecule has 2 heterocycles. The van der Waals surface area contributed by atoms with E-state index in [9.17, 15) is 4.79 Å². The van der Waals surface area contributed by atoms with E-state index < -0.39 is 0 Å². The largest absolute Gasteiger partial charge is 0.328 e. The van der Waals surface area contributed by atoms with Gasteiger partial charge in [-0.15, -0.1) is 0 Å². The number of aryl methyl sites for hydroxylation is 1. The molecular formula is C12H19N3O. The minimum atomic E-state index is 0.0850.